The highest BCUT2D eigenvalue weighted by molar-refractivity contribution is 5.38. The van der Waals surface area contributed by atoms with Gasteiger partial charge in [-0.05, 0) is 30.5 Å². The van der Waals surface area contributed by atoms with Crippen LogP contribution in [0.15, 0.2) is 48.5 Å². The second kappa shape index (κ2) is 7.15. The number of hydrazine groups is 1. The van der Waals surface area contributed by atoms with Gasteiger partial charge in [-0.15, -0.1) is 0 Å². The van der Waals surface area contributed by atoms with Crippen molar-refractivity contribution in [1.29, 1.82) is 0 Å². The highest BCUT2D eigenvalue weighted by Crippen LogP contribution is 2.29. The summed E-state index contributed by atoms with van der Waals surface area (Å²) in [6.07, 6.45) is 0.590. The van der Waals surface area contributed by atoms with E-state index in [4.69, 9.17) is 5.84 Å². The number of hydrogen-bond acceptors (Lipinski definition) is 3. The molecule has 0 amide bonds. The van der Waals surface area contributed by atoms with Crippen molar-refractivity contribution in [2.45, 2.75) is 26.0 Å². The zero-order valence-corrected chi connectivity index (χ0v) is 11.7. The Hall–Kier alpha value is -1.98. The van der Waals surface area contributed by atoms with E-state index in [0.29, 0.717) is 12.0 Å². The molecular formula is C16H18F2N2O. The Labute approximate surface area is 122 Å². The molecule has 5 heteroatoms. The first kappa shape index (κ1) is 15.4. The second-order valence-corrected chi connectivity index (χ2v) is 4.77. The lowest BCUT2D eigenvalue weighted by atomic mass is 9.96. The van der Waals surface area contributed by atoms with Crippen LogP contribution in [-0.2, 0) is 6.42 Å². The van der Waals surface area contributed by atoms with Crippen molar-refractivity contribution in [2.75, 3.05) is 0 Å². The van der Waals surface area contributed by atoms with Crippen molar-refractivity contribution in [2.24, 2.45) is 5.84 Å². The maximum absolute atomic E-state index is 12.5. The Morgan fingerprint density at radius 1 is 1.10 bits per heavy atom. The molecule has 2 aromatic rings. The van der Waals surface area contributed by atoms with Crippen LogP contribution >= 0.6 is 0 Å². The van der Waals surface area contributed by atoms with E-state index in [9.17, 15) is 8.78 Å². The molecule has 21 heavy (non-hydrogen) atoms. The van der Waals surface area contributed by atoms with Crippen molar-refractivity contribution in [3.8, 4) is 5.75 Å². The van der Waals surface area contributed by atoms with Gasteiger partial charge in [-0.2, -0.15) is 8.78 Å². The van der Waals surface area contributed by atoms with Gasteiger partial charge in [0.05, 0.1) is 6.04 Å². The summed E-state index contributed by atoms with van der Waals surface area (Å²) < 4.78 is 29.5. The summed E-state index contributed by atoms with van der Waals surface area (Å²) in [5.74, 6) is 5.75. The minimum absolute atomic E-state index is 0.143. The molecule has 2 aromatic carbocycles. The molecule has 3 N–H and O–H groups in total. The summed E-state index contributed by atoms with van der Waals surface area (Å²) in [5, 5.41) is 0. The highest BCUT2D eigenvalue weighted by atomic mass is 19.3. The van der Waals surface area contributed by atoms with Crippen molar-refractivity contribution in [1.82, 2.24) is 5.43 Å². The second-order valence-electron chi connectivity index (χ2n) is 4.77. The first-order valence-electron chi connectivity index (χ1n) is 6.66. The lowest BCUT2D eigenvalue weighted by molar-refractivity contribution is -0.0507. The van der Waals surface area contributed by atoms with Crippen LogP contribution in [-0.4, -0.2) is 6.61 Å². The molecule has 0 heterocycles. The molecule has 112 valence electrons. The summed E-state index contributed by atoms with van der Waals surface area (Å²) in [4.78, 5) is 0. The van der Waals surface area contributed by atoms with Gasteiger partial charge >= 0.3 is 6.61 Å². The van der Waals surface area contributed by atoms with E-state index in [2.05, 4.69) is 10.2 Å². The molecule has 0 aromatic heterocycles. The maximum Gasteiger partial charge on any atom is 0.387 e. The third kappa shape index (κ3) is 4.00. The largest absolute Gasteiger partial charge is 0.434 e. The van der Waals surface area contributed by atoms with Crippen LogP contribution in [0.1, 0.15) is 22.7 Å². The minimum Gasteiger partial charge on any atom is -0.434 e. The van der Waals surface area contributed by atoms with Crippen molar-refractivity contribution in [3.05, 3.63) is 65.2 Å². The first-order chi connectivity index (χ1) is 10.1. The molecule has 3 nitrogen and oxygen atoms in total. The maximum atomic E-state index is 12.5. The van der Waals surface area contributed by atoms with Gasteiger partial charge < -0.3 is 4.74 Å². The fraction of sp³-hybridized carbons (Fsp3) is 0.250. The predicted octanol–water partition coefficient (Wildman–Crippen LogP) is 3.34. The summed E-state index contributed by atoms with van der Waals surface area (Å²) in [5.41, 5.74) is 5.53. The molecule has 2 rings (SSSR count). The van der Waals surface area contributed by atoms with Crippen LogP contribution in [0.4, 0.5) is 8.78 Å². The van der Waals surface area contributed by atoms with Gasteiger partial charge in [0.1, 0.15) is 5.75 Å². The molecule has 0 aliphatic heterocycles. The highest BCUT2D eigenvalue weighted by Gasteiger charge is 2.18. The Morgan fingerprint density at radius 3 is 2.43 bits per heavy atom. The summed E-state index contributed by atoms with van der Waals surface area (Å²) in [7, 11) is 0. The Bertz CT molecular complexity index is 590. The average molecular weight is 292 g/mol. The number of benzene rings is 2. The Balaban J connectivity index is 2.27. The Morgan fingerprint density at radius 2 is 1.76 bits per heavy atom. The first-order valence-corrected chi connectivity index (χ1v) is 6.66. The molecule has 1 unspecified atom stereocenters. The molecule has 0 spiro atoms. The lowest BCUT2D eigenvalue weighted by Gasteiger charge is -2.20. The number of nitrogens with one attached hydrogen (secondary N) is 1. The van der Waals surface area contributed by atoms with Crippen LogP contribution in [0, 0.1) is 6.92 Å². The number of halogens is 2. The van der Waals surface area contributed by atoms with Crippen molar-refractivity contribution in [3.63, 3.8) is 0 Å². The SMILES string of the molecule is Cc1ccccc1CC(NN)c1ccccc1OC(F)F. The molecular weight excluding hydrogens is 274 g/mol. The number of para-hydroxylation sites is 1. The molecule has 1 atom stereocenters. The minimum atomic E-state index is -2.86. The topological polar surface area (TPSA) is 47.3 Å². The van der Waals surface area contributed by atoms with E-state index in [0.717, 1.165) is 11.1 Å². The third-order valence-electron chi connectivity index (χ3n) is 3.40. The quantitative estimate of drug-likeness (QED) is 0.634. The average Bonchev–Trinajstić information content (AvgIpc) is 2.47. The monoisotopic (exact) mass is 292 g/mol. The summed E-state index contributed by atoms with van der Waals surface area (Å²) >= 11 is 0. The molecule has 0 saturated carbocycles. The summed E-state index contributed by atoms with van der Waals surface area (Å²) in [6, 6.07) is 14.3. The molecule has 0 aliphatic carbocycles. The van der Waals surface area contributed by atoms with Gasteiger partial charge in [-0.25, -0.2) is 0 Å². The zero-order chi connectivity index (χ0) is 15.2. The van der Waals surface area contributed by atoms with E-state index in [-0.39, 0.29) is 11.8 Å². The molecule has 0 aliphatic rings. The molecule has 0 saturated heterocycles. The van der Waals surface area contributed by atoms with Crippen molar-refractivity contribution >= 4 is 0 Å². The van der Waals surface area contributed by atoms with Crippen LogP contribution in [0.3, 0.4) is 0 Å². The fourth-order valence-electron chi connectivity index (χ4n) is 2.29. The Kier molecular flexibility index (Phi) is 5.25. The fourth-order valence-corrected chi connectivity index (χ4v) is 2.29. The molecule has 0 radical (unpaired) electrons. The van der Waals surface area contributed by atoms with Gasteiger partial charge in [0, 0.05) is 5.56 Å². The number of hydrogen-bond donors (Lipinski definition) is 2. The standard InChI is InChI=1S/C16H18F2N2O/c1-11-6-2-3-7-12(11)10-14(20-19)13-8-4-5-9-15(13)21-16(17)18/h2-9,14,16,20H,10,19H2,1H3. The normalized spacial score (nSPS) is 12.4. The zero-order valence-electron chi connectivity index (χ0n) is 11.7. The van der Waals surface area contributed by atoms with Crippen LogP contribution in [0.2, 0.25) is 0 Å². The number of nitrogens with two attached hydrogens (primary N) is 1. The van der Waals surface area contributed by atoms with Gasteiger partial charge in [-0.3, -0.25) is 11.3 Å². The van der Waals surface area contributed by atoms with E-state index in [1.54, 1.807) is 18.2 Å². The summed E-state index contributed by atoms with van der Waals surface area (Å²) in [6.45, 7) is -0.854. The number of rotatable bonds is 6. The molecule has 0 fully saturated rings. The van der Waals surface area contributed by atoms with Crippen LogP contribution in [0.5, 0.6) is 5.75 Å². The number of alkyl halides is 2. The van der Waals surface area contributed by atoms with Gasteiger partial charge in [0.15, 0.2) is 0 Å². The van der Waals surface area contributed by atoms with E-state index in [1.807, 2.05) is 31.2 Å². The van der Waals surface area contributed by atoms with Gasteiger partial charge in [-0.1, -0.05) is 42.5 Å². The van der Waals surface area contributed by atoms with E-state index in [1.165, 1.54) is 6.07 Å². The van der Waals surface area contributed by atoms with Gasteiger partial charge in [0.25, 0.3) is 0 Å². The van der Waals surface area contributed by atoms with E-state index < -0.39 is 6.61 Å². The molecule has 0 bridgehead atoms. The number of ether oxygens (including phenoxy) is 1. The smallest absolute Gasteiger partial charge is 0.387 e. The van der Waals surface area contributed by atoms with Crippen molar-refractivity contribution < 1.29 is 13.5 Å². The lowest BCUT2D eigenvalue weighted by Crippen LogP contribution is -2.30. The van der Waals surface area contributed by atoms with Crippen LogP contribution in [0.25, 0.3) is 0 Å². The third-order valence-corrected chi connectivity index (χ3v) is 3.40. The van der Waals surface area contributed by atoms with Gasteiger partial charge in [0.2, 0.25) is 0 Å². The predicted molar refractivity (Wildman–Crippen MR) is 78.0 cm³/mol. The van der Waals surface area contributed by atoms with E-state index >= 15 is 0 Å². The number of aryl methyl sites for hydroxylation is 1. The van der Waals surface area contributed by atoms with Crippen LogP contribution < -0.4 is 16.0 Å².